The van der Waals surface area contributed by atoms with Crippen LogP contribution in [0.4, 0.5) is 0 Å². The Kier molecular flexibility index (Phi) is 3.83. The Hall–Kier alpha value is -3.80. The van der Waals surface area contributed by atoms with E-state index in [2.05, 4.69) is 83.3 Å². The second-order valence-electron chi connectivity index (χ2n) is 8.91. The molecule has 4 heterocycles. The Bertz CT molecular complexity index is 1950. The molecule has 0 fully saturated rings. The van der Waals surface area contributed by atoms with E-state index in [4.69, 9.17) is 9.47 Å². The molecule has 4 aromatic carbocycles. The molecule has 0 atom stereocenters. The standard InChI is InChI=1S/C30H19NO2S2/c1-32-18-8-10-20-24(14-18)34-29-26(20)22-12-17(16-6-4-3-5-7-16)13-23-27-21-11-9-19(33-2)15-25(21)35-30(27)31(29)28(22)23/h3-15H,1-2H3. The van der Waals surface area contributed by atoms with Gasteiger partial charge in [-0.05, 0) is 59.7 Å². The second kappa shape index (κ2) is 6.87. The smallest absolute Gasteiger partial charge is 0.120 e. The first-order valence-electron chi connectivity index (χ1n) is 11.5. The third kappa shape index (κ3) is 2.49. The van der Waals surface area contributed by atoms with Gasteiger partial charge in [0, 0.05) is 41.7 Å². The largest absolute Gasteiger partial charge is 0.497 e. The minimum atomic E-state index is 0.896. The molecule has 3 nitrogen and oxygen atoms in total. The second-order valence-corrected chi connectivity index (χ2v) is 11.0. The van der Waals surface area contributed by atoms with Crippen LogP contribution in [0.5, 0.6) is 11.5 Å². The Morgan fingerprint density at radius 1 is 0.571 bits per heavy atom. The van der Waals surface area contributed by atoms with Crippen molar-refractivity contribution >= 4 is 79.6 Å². The SMILES string of the molecule is COc1ccc2c(c1)sc1c2c2cc(-c3ccccc3)cc3c4c5ccc(OC)cc5sc4n1c23. The Morgan fingerprint density at radius 3 is 1.63 bits per heavy atom. The average molecular weight is 490 g/mol. The summed E-state index contributed by atoms with van der Waals surface area (Å²) >= 11 is 3.70. The van der Waals surface area contributed by atoms with Crippen molar-refractivity contribution in [2.45, 2.75) is 0 Å². The molecule has 0 N–H and O–H groups in total. The van der Waals surface area contributed by atoms with Crippen molar-refractivity contribution in [2.75, 3.05) is 14.2 Å². The fraction of sp³-hybridized carbons (Fsp3) is 0.0667. The maximum atomic E-state index is 5.53. The van der Waals surface area contributed by atoms with Crippen LogP contribution in [-0.2, 0) is 0 Å². The molecule has 0 bridgehead atoms. The first-order chi connectivity index (χ1) is 17.2. The van der Waals surface area contributed by atoms with Crippen LogP contribution in [0.25, 0.3) is 68.0 Å². The fourth-order valence-corrected chi connectivity index (χ4v) is 8.14. The topological polar surface area (TPSA) is 22.9 Å². The zero-order chi connectivity index (χ0) is 23.3. The summed E-state index contributed by atoms with van der Waals surface area (Å²) in [6.07, 6.45) is 0. The van der Waals surface area contributed by atoms with Crippen LogP contribution in [0.3, 0.4) is 0 Å². The monoisotopic (exact) mass is 489 g/mol. The number of methoxy groups -OCH3 is 2. The molecule has 0 spiro atoms. The van der Waals surface area contributed by atoms with Crippen molar-refractivity contribution in [3.63, 3.8) is 0 Å². The molecule has 35 heavy (non-hydrogen) atoms. The molecular formula is C30H19NO2S2. The summed E-state index contributed by atoms with van der Waals surface area (Å²) in [6.45, 7) is 0. The van der Waals surface area contributed by atoms with E-state index in [0.717, 1.165) is 11.5 Å². The fourth-order valence-electron chi connectivity index (χ4n) is 5.57. The highest BCUT2D eigenvalue weighted by atomic mass is 32.1. The predicted molar refractivity (Wildman–Crippen MR) is 150 cm³/mol. The molecule has 0 aliphatic heterocycles. The zero-order valence-corrected chi connectivity index (χ0v) is 20.7. The molecule has 0 saturated carbocycles. The highest BCUT2D eigenvalue weighted by molar-refractivity contribution is 7.27. The molecule has 8 rings (SSSR count). The van der Waals surface area contributed by atoms with E-state index < -0.39 is 0 Å². The van der Waals surface area contributed by atoms with E-state index in [9.17, 15) is 0 Å². The van der Waals surface area contributed by atoms with Gasteiger partial charge < -0.3 is 9.47 Å². The van der Waals surface area contributed by atoms with Crippen molar-refractivity contribution in [3.05, 3.63) is 78.9 Å². The summed E-state index contributed by atoms with van der Waals surface area (Å²) in [4.78, 5) is 2.60. The number of benzene rings is 4. The van der Waals surface area contributed by atoms with Crippen molar-refractivity contribution in [1.82, 2.24) is 4.40 Å². The number of hydrogen-bond acceptors (Lipinski definition) is 4. The van der Waals surface area contributed by atoms with Gasteiger partial charge in [-0.25, -0.2) is 0 Å². The van der Waals surface area contributed by atoms with Crippen LogP contribution < -0.4 is 9.47 Å². The molecule has 0 unspecified atom stereocenters. The van der Waals surface area contributed by atoms with Crippen LogP contribution in [0, 0.1) is 0 Å². The van der Waals surface area contributed by atoms with E-state index in [0.29, 0.717) is 0 Å². The molecule has 4 aromatic heterocycles. The summed E-state index contributed by atoms with van der Waals surface area (Å²) in [6, 6.07) is 28.4. The lowest BCUT2D eigenvalue weighted by molar-refractivity contribution is 0.415. The predicted octanol–water partition coefficient (Wildman–Crippen LogP) is 8.95. The minimum absolute atomic E-state index is 0.896. The Morgan fingerprint density at radius 2 is 1.11 bits per heavy atom. The lowest BCUT2D eigenvalue weighted by Gasteiger charge is -2.05. The maximum Gasteiger partial charge on any atom is 0.120 e. The molecule has 8 aromatic rings. The van der Waals surface area contributed by atoms with Crippen molar-refractivity contribution in [2.24, 2.45) is 0 Å². The van der Waals surface area contributed by atoms with Gasteiger partial charge in [0.05, 0.1) is 19.7 Å². The van der Waals surface area contributed by atoms with Gasteiger partial charge in [0.15, 0.2) is 0 Å². The summed E-state index contributed by atoms with van der Waals surface area (Å²) in [5.74, 6) is 1.79. The number of hydrogen-bond donors (Lipinski definition) is 0. The molecule has 168 valence electrons. The van der Waals surface area contributed by atoms with Crippen LogP contribution >= 0.6 is 22.7 Å². The molecule has 0 amide bonds. The van der Waals surface area contributed by atoms with E-state index in [1.54, 1.807) is 14.2 Å². The van der Waals surface area contributed by atoms with Crippen LogP contribution in [0.1, 0.15) is 0 Å². The molecular weight excluding hydrogens is 470 g/mol. The first-order valence-corrected chi connectivity index (χ1v) is 13.1. The van der Waals surface area contributed by atoms with Crippen LogP contribution in [0.15, 0.2) is 78.9 Å². The zero-order valence-electron chi connectivity index (χ0n) is 19.1. The molecule has 5 heteroatoms. The molecule has 0 radical (unpaired) electrons. The third-order valence-electron chi connectivity index (χ3n) is 7.14. The number of rotatable bonds is 3. The van der Waals surface area contributed by atoms with Crippen LogP contribution in [-0.4, -0.2) is 18.6 Å². The average Bonchev–Trinajstić information content (AvgIpc) is 3.62. The van der Waals surface area contributed by atoms with Gasteiger partial charge >= 0.3 is 0 Å². The van der Waals surface area contributed by atoms with Gasteiger partial charge in [0.25, 0.3) is 0 Å². The van der Waals surface area contributed by atoms with Gasteiger partial charge in [0.2, 0.25) is 0 Å². The summed E-state index contributed by atoms with van der Waals surface area (Å²) in [7, 11) is 3.46. The maximum absolute atomic E-state index is 5.53. The van der Waals surface area contributed by atoms with E-state index in [1.807, 2.05) is 22.7 Å². The number of aromatic nitrogens is 1. The number of thiophene rings is 2. The van der Waals surface area contributed by atoms with Crippen molar-refractivity contribution in [1.29, 1.82) is 0 Å². The first kappa shape index (κ1) is 19.5. The normalized spacial score (nSPS) is 12.3. The summed E-state index contributed by atoms with van der Waals surface area (Å²) in [5.41, 5.74) is 3.81. The molecule has 0 aliphatic carbocycles. The minimum Gasteiger partial charge on any atom is -0.497 e. The molecule has 0 saturated heterocycles. The number of fused-ring (bicyclic) bond motifs is 10. The lowest BCUT2D eigenvalue weighted by Crippen LogP contribution is -1.81. The van der Waals surface area contributed by atoms with Crippen molar-refractivity contribution < 1.29 is 9.47 Å². The van der Waals surface area contributed by atoms with E-state index in [-0.39, 0.29) is 0 Å². The van der Waals surface area contributed by atoms with Crippen molar-refractivity contribution in [3.8, 4) is 22.6 Å². The van der Waals surface area contributed by atoms with Gasteiger partial charge in [-0.3, -0.25) is 4.40 Å². The Labute approximate surface area is 208 Å². The van der Waals surface area contributed by atoms with Gasteiger partial charge in [-0.15, -0.1) is 22.7 Å². The Balaban J connectivity index is 1.62. The molecule has 0 aliphatic rings. The third-order valence-corrected chi connectivity index (χ3v) is 9.42. The number of ether oxygens (including phenoxy) is 2. The lowest BCUT2D eigenvalue weighted by atomic mass is 9.99. The highest BCUT2D eigenvalue weighted by Crippen LogP contribution is 2.50. The summed E-state index contributed by atoms with van der Waals surface area (Å²) < 4.78 is 16.1. The summed E-state index contributed by atoms with van der Waals surface area (Å²) in [5, 5.41) is 7.88. The van der Waals surface area contributed by atoms with Gasteiger partial charge in [-0.2, -0.15) is 0 Å². The van der Waals surface area contributed by atoms with Crippen LogP contribution in [0.2, 0.25) is 0 Å². The van der Waals surface area contributed by atoms with E-state index in [1.165, 1.54) is 68.0 Å². The van der Waals surface area contributed by atoms with E-state index >= 15 is 0 Å². The number of nitrogens with zero attached hydrogens (tertiary/aromatic N) is 1. The van der Waals surface area contributed by atoms with Gasteiger partial charge in [-0.1, -0.05) is 30.3 Å². The van der Waals surface area contributed by atoms with Gasteiger partial charge in [0.1, 0.15) is 21.2 Å². The quantitative estimate of drug-likeness (QED) is 0.247. The highest BCUT2D eigenvalue weighted by Gasteiger charge is 2.24.